The summed E-state index contributed by atoms with van der Waals surface area (Å²) in [5.74, 6) is 0. The summed E-state index contributed by atoms with van der Waals surface area (Å²) in [6.45, 7) is 14.5. The van der Waals surface area contributed by atoms with Gasteiger partial charge < -0.3 is 24.8 Å². The summed E-state index contributed by atoms with van der Waals surface area (Å²) >= 11 is -3.02. The smallest absolute Gasteiger partial charge is 1.00 e. The van der Waals surface area contributed by atoms with E-state index in [-0.39, 0.29) is 39.3 Å². The van der Waals surface area contributed by atoms with E-state index in [0.29, 0.717) is 0 Å². The molecule has 2 aliphatic carbocycles. The van der Waals surface area contributed by atoms with Crippen LogP contribution in [-0.4, -0.2) is 3.21 Å². The first-order valence-corrected chi connectivity index (χ1v) is 30.5. The van der Waals surface area contributed by atoms with Crippen molar-refractivity contribution in [2.75, 3.05) is 0 Å². The monoisotopic (exact) mass is 1100 g/mol. The van der Waals surface area contributed by atoms with Gasteiger partial charge in [-0.15, -0.1) is 0 Å². The van der Waals surface area contributed by atoms with Crippen LogP contribution in [0, 0.1) is 0 Å². The molecule has 0 saturated heterocycles. The standard InChI is InChI=1S/C53H45.C15H14.C5H5.2ClH.Zr/c1-52(2,3)50-32-46-40(30-48(50)44-21-13-11-19-42(44)38-25-23-34-15-7-9-17-36(34)27-38)29-41-31-49(51(33-47(41)46)53(4,5)6)45-22-14-12-20-43(45)39-26-24-35-16-8-10-18-37(35)28-39;1-3-8-14(9-4-1)12-7-13-15-10-5-2-6-11-15;1-2-4-5-3-1;;;/h7-33H,1-6H3;1-6,8-11H,12-13H2;1-3H,4H2;2*1H;/q;;;;;+2/p-2. The average molecular weight is 1100 g/mol. The summed E-state index contributed by atoms with van der Waals surface area (Å²) in [7, 11) is 0. The quantitative estimate of drug-likeness (QED) is 0.128. The number of rotatable bonds is 10. The Labute approximate surface area is 471 Å². The Bertz CT molecular complexity index is 3650. The summed E-state index contributed by atoms with van der Waals surface area (Å²) < 4.78 is 3.69. The minimum Gasteiger partial charge on any atom is -1.00 e. The minimum atomic E-state index is -3.02. The van der Waals surface area contributed by atoms with E-state index < -0.39 is 21.3 Å². The number of halogens is 2. The zero-order chi connectivity index (χ0) is 50.6. The predicted octanol–water partition coefficient (Wildman–Crippen LogP) is 13.5. The molecule has 0 unspecified atom stereocenters. The molecule has 0 fully saturated rings. The Balaban J connectivity index is 0.00000328. The van der Waals surface area contributed by atoms with Crippen molar-refractivity contribution in [1.29, 1.82) is 0 Å². The normalized spacial score (nSPS) is 12.8. The maximum atomic E-state index is 2.71. The van der Waals surface area contributed by atoms with Gasteiger partial charge >= 0.3 is 450 Å². The van der Waals surface area contributed by atoms with Gasteiger partial charge in [-0.3, -0.25) is 0 Å². The Morgan fingerprint density at radius 2 is 0.789 bits per heavy atom. The van der Waals surface area contributed by atoms with Crippen LogP contribution < -0.4 is 24.8 Å². The Kier molecular flexibility index (Phi) is 15.2. The fourth-order valence-corrected chi connectivity index (χ4v) is 21.4. The van der Waals surface area contributed by atoms with Crippen LogP contribution in [0.2, 0.25) is 0 Å². The second-order valence-corrected chi connectivity index (χ2v) is 29.6. The molecule has 0 atom stereocenters. The van der Waals surface area contributed by atoms with Crippen LogP contribution in [0.15, 0.2) is 240 Å². The molecule has 0 heterocycles. The van der Waals surface area contributed by atoms with E-state index in [0.717, 1.165) is 19.3 Å². The molecule has 2 aliphatic rings. The van der Waals surface area contributed by atoms with Crippen molar-refractivity contribution < 1.29 is 46.1 Å². The van der Waals surface area contributed by atoms with E-state index >= 15 is 0 Å². The molecule has 0 aromatic heterocycles. The maximum Gasteiger partial charge on any atom is -1.00 e. The number of hydrogen-bond acceptors (Lipinski definition) is 0. The number of fused-ring (bicyclic) bond motifs is 5. The molecule has 0 bridgehead atoms. The number of hydrogen-bond donors (Lipinski definition) is 0. The van der Waals surface area contributed by atoms with E-state index in [1.165, 1.54) is 111 Å². The zero-order valence-corrected chi connectivity index (χ0v) is 48.4. The number of allylic oxidation sites excluding steroid dienone is 4. The molecule has 10 aromatic carbocycles. The van der Waals surface area contributed by atoms with Gasteiger partial charge in [-0.2, -0.15) is 0 Å². The molecule has 0 spiro atoms. The van der Waals surface area contributed by atoms with Crippen molar-refractivity contribution in [3.05, 3.63) is 273 Å². The third-order valence-corrected chi connectivity index (χ3v) is 24.1. The van der Waals surface area contributed by atoms with Crippen molar-refractivity contribution >= 4 is 24.8 Å². The predicted molar refractivity (Wildman–Crippen MR) is 315 cm³/mol. The van der Waals surface area contributed by atoms with E-state index in [1.54, 1.807) is 6.49 Å². The van der Waals surface area contributed by atoms with Crippen LogP contribution in [0.3, 0.4) is 0 Å². The van der Waals surface area contributed by atoms with Gasteiger partial charge in [0.1, 0.15) is 0 Å². The van der Waals surface area contributed by atoms with Crippen LogP contribution >= 0.6 is 0 Å². The van der Waals surface area contributed by atoms with Gasteiger partial charge in [0.05, 0.1) is 0 Å². The Morgan fingerprint density at radius 1 is 0.395 bits per heavy atom. The third-order valence-electron chi connectivity index (χ3n) is 15.8. The van der Waals surface area contributed by atoms with E-state index in [2.05, 4.69) is 278 Å². The van der Waals surface area contributed by atoms with Crippen molar-refractivity contribution in [2.24, 2.45) is 0 Å². The molecule has 0 aliphatic heterocycles. The summed E-state index contributed by atoms with van der Waals surface area (Å²) in [5.41, 5.74) is 21.6. The van der Waals surface area contributed by atoms with Crippen LogP contribution in [0.5, 0.6) is 0 Å². The summed E-state index contributed by atoms with van der Waals surface area (Å²) in [6, 6.07) is 83.4. The molecule has 10 aromatic rings. The van der Waals surface area contributed by atoms with Gasteiger partial charge in [0.2, 0.25) is 0 Å². The summed E-state index contributed by atoms with van der Waals surface area (Å²) in [6.07, 6.45) is 10.3. The Morgan fingerprint density at radius 3 is 1.20 bits per heavy atom. The van der Waals surface area contributed by atoms with Crippen molar-refractivity contribution in [3.8, 4) is 55.6 Å². The van der Waals surface area contributed by atoms with Gasteiger partial charge in [-0.1, -0.05) is 0 Å². The molecule has 0 radical (unpaired) electrons. The first-order chi connectivity index (χ1) is 36.0. The Hall–Kier alpha value is -6.47. The largest absolute Gasteiger partial charge is 1.00 e. The SMILES string of the molecule is CC(C)(C)c1cc2c(cc1-c1ccccc1-c1ccc3ccccc3c1)[CH]([Zr+2]([C]1=CC=CC1)=[C](Cc1ccccc1)Cc1ccccc1)c1cc(-c3ccccc3-c3ccc4ccccc4c3)c(C(C)(C)C)cc1-2.[Cl-].[Cl-]. The molecule has 0 N–H and O–H groups in total. The van der Waals surface area contributed by atoms with Crippen LogP contribution in [0.25, 0.3) is 77.2 Å². The maximum absolute atomic E-state index is 3.02. The molecule has 0 amide bonds. The van der Waals surface area contributed by atoms with Gasteiger partial charge in [0, 0.05) is 0 Å². The van der Waals surface area contributed by atoms with Gasteiger partial charge in [0.25, 0.3) is 0 Å². The molecule has 374 valence electrons. The van der Waals surface area contributed by atoms with E-state index in [1.807, 2.05) is 0 Å². The van der Waals surface area contributed by atoms with Gasteiger partial charge in [-0.25, -0.2) is 0 Å². The molecule has 3 heteroatoms. The summed E-state index contributed by atoms with van der Waals surface area (Å²) in [4.78, 5) is 0. The molecular weight excluding hydrogens is 1040 g/mol. The van der Waals surface area contributed by atoms with Gasteiger partial charge in [0.15, 0.2) is 0 Å². The molecule has 0 nitrogen and oxygen atoms in total. The first-order valence-electron chi connectivity index (χ1n) is 26.7. The average Bonchev–Trinajstić information content (AvgIpc) is 4.08. The van der Waals surface area contributed by atoms with Crippen molar-refractivity contribution in [1.82, 2.24) is 0 Å². The minimum absolute atomic E-state index is 0. The fourth-order valence-electron chi connectivity index (χ4n) is 12.2. The van der Waals surface area contributed by atoms with Crippen LogP contribution in [-0.2, 0) is 44.9 Å². The molecule has 0 saturated carbocycles. The first kappa shape index (κ1) is 53.0. The zero-order valence-electron chi connectivity index (χ0n) is 44.5. The van der Waals surface area contributed by atoms with Crippen LogP contribution in [0.4, 0.5) is 0 Å². The van der Waals surface area contributed by atoms with E-state index in [4.69, 9.17) is 0 Å². The molecule has 76 heavy (non-hydrogen) atoms. The fraction of sp³-hybridized carbons (Fsp3) is 0.164. The molecular formula is C73H64Cl2Zr. The van der Waals surface area contributed by atoms with Crippen molar-refractivity contribution in [2.45, 2.75) is 75.3 Å². The topological polar surface area (TPSA) is 0 Å². The van der Waals surface area contributed by atoms with Crippen molar-refractivity contribution in [3.63, 3.8) is 0 Å². The second kappa shape index (κ2) is 21.9. The molecule has 12 rings (SSSR count). The summed E-state index contributed by atoms with van der Waals surface area (Å²) in [5, 5.41) is 5.07. The third kappa shape index (κ3) is 10.3. The second-order valence-electron chi connectivity index (χ2n) is 22.8. The van der Waals surface area contributed by atoms with Crippen LogP contribution in [0.1, 0.15) is 85.0 Å². The van der Waals surface area contributed by atoms with Gasteiger partial charge in [-0.05, 0) is 0 Å². The van der Waals surface area contributed by atoms with E-state index in [9.17, 15) is 0 Å². The number of benzene rings is 10.